The van der Waals surface area contributed by atoms with Crippen LogP contribution in [0.15, 0.2) is 18.3 Å². The second-order valence-electron chi connectivity index (χ2n) is 4.56. The maximum atomic E-state index is 12.3. The smallest absolute Gasteiger partial charge is 0.272 e. The average Bonchev–Trinajstić information content (AvgIpc) is 2.46. The molecular weight excluding hydrogens is 244 g/mol. The van der Waals surface area contributed by atoms with E-state index in [9.17, 15) is 4.79 Å². The molecular formula is C13H16N4O2. The predicted octanol–water partition coefficient (Wildman–Crippen LogP) is 0.141. The molecule has 0 bridgehead atoms. The second kappa shape index (κ2) is 5.78. The van der Waals surface area contributed by atoms with E-state index in [1.165, 1.54) is 6.20 Å². The van der Waals surface area contributed by atoms with Gasteiger partial charge in [-0.15, -0.1) is 0 Å². The number of morpholine rings is 1. The van der Waals surface area contributed by atoms with Gasteiger partial charge in [-0.25, -0.2) is 4.98 Å². The lowest BCUT2D eigenvalue weighted by atomic mass is 10.1. The van der Waals surface area contributed by atoms with Gasteiger partial charge in [0.25, 0.3) is 5.91 Å². The lowest BCUT2D eigenvalue weighted by molar-refractivity contribution is -0.0301. The van der Waals surface area contributed by atoms with Crippen LogP contribution in [0.2, 0.25) is 0 Å². The molecule has 6 heteroatoms. The molecule has 2 heterocycles. The maximum Gasteiger partial charge on any atom is 0.272 e. The van der Waals surface area contributed by atoms with Crippen molar-refractivity contribution in [3.05, 3.63) is 29.6 Å². The fourth-order valence-electron chi connectivity index (χ4n) is 1.93. The third-order valence-corrected chi connectivity index (χ3v) is 3.08. The van der Waals surface area contributed by atoms with Crippen molar-refractivity contribution in [2.75, 3.05) is 19.7 Å². The number of ether oxygens (including phenoxy) is 1. The number of rotatable bonds is 2. The van der Waals surface area contributed by atoms with E-state index in [0.29, 0.717) is 31.0 Å². The summed E-state index contributed by atoms with van der Waals surface area (Å²) in [6.45, 7) is 3.34. The number of hydrogen-bond donors (Lipinski definition) is 1. The van der Waals surface area contributed by atoms with Crippen LogP contribution < -0.4 is 5.73 Å². The van der Waals surface area contributed by atoms with Crippen LogP contribution in [-0.4, -0.2) is 47.6 Å². The van der Waals surface area contributed by atoms with E-state index in [1.54, 1.807) is 17.0 Å². The Kier molecular flexibility index (Phi) is 4.10. The van der Waals surface area contributed by atoms with Gasteiger partial charge in [-0.1, -0.05) is 0 Å². The summed E-state index contributed by atoms with van der Waals surface area (Å²) >= 11 is 0. The predicted molar refractivity (Wildman–Crippen MR) is 68.2 cm³/mol. The molecule has 100 valence electrons. The quantitative estimate of drug-likeness (QED) is 0.816. The van der Waals surface area contributed by atoms with Crippen molar-refractivity contribution >= 4 is 5.91 Å². The summed E-state index contributed by atoms with van der Waals surface area (Å²) in [4.78, 5) is 17.9. The van der Waals surface area contributed by atoms with Gasteiger partial charge in [0.2, 0.25) is 0 Å². The minimum atomic E-state index is -0.154. The van der Waals surface area contributed by atoms with Crippen molar-refractivity contribution in [2.24, 2.45) is 5.73 Å². The number of carbonyl (C=O) groups is 1. The van der Waals surface area contributed by atoms with Gasteiger partial charge >= 0.3 is 0 Å². The summed E-state index contributed by atoms with van der Waals surface area (Å²) in [7, 11) is 0. The molecule has 2 unspecified atom stereocenters. The lowest BCUT2D eigenvalue weighted by Crippen LogP contribution is -2.51. The summed E-state index contributed by atoms with van der Waals surface area (Å²) in [5.74, 6) is -0.154. The highest BCUT2D eigenvalue weighted by Crippen LogP contribution is 2.11. The molecule has 2 atom stereocenters. The monoisotopic (exact) mass is 260 g/mol. The normalized spacial score (nSPS) is 20.7. The lowest BCUT2D eigenvalue weighted by Gasteiger charge is -2.34. The summed E-state index contributed by atoms with van der Waals surface area (Å²) in [5.41, 5.74) is 6.57. The molecule has 1 aliphatic heterocycles. The number of nitriles is 1. The van der Waals surface area contributed by atoms with Gasteiger partial charge in [-0.05, 0) is 19.1 Å². The Balaban J connectivity index is 2.08. The average molecular weight is 260 g/mol. The van der Waals surface area contributed by atoms with E-state index in [0.717, 1.165) is 0 Å². The molecule has 1 aliphatic rings. The molecule has 1 aromatic rings. The fraction of sp³-hybridized carbons (Fsp3) is 0.462. The summed E-state index contributed by atoms with van der Waals surface area (Å²) in [6.07, 6.45) is 1.26. The third kappa shape index (κ3) is 3.08. The van der Waals surface area contributed by atoms with E-state index in [1.807, 2.05) is 13.0 Å². The zero-order chi connectivity index (χ0) is 13.8. The highest BCUT2D eigenvalue weighted by Gasteiger charge is 2.27. The van der Waals surface area contributed by atoms with Crippen molar-refractivity contribution in [2.45, 2.75) is 19.1 Å². The number of pyridine rings is 1. The van der Waals surface area contributed by atoms with E-state index < -0.39 is 0 Å². The minimum Gasteiger partial charge on any atom is -0.373 e. The van der Waals surface area contributed by atoms with Gasteiger partial charge in [0.05, 0.1) is 18.3 Å². The minimum absolute atomic E-state index is 0.121. The Labute approximate surface area is 111 Å². The Morgan fingerprint density at radius 1 is 1.68 bits per heavy atom. The zero-order valence-electron chi connectivity index (χ0n) is 10.7. The first kappa shape index (κ1) is 13.5. The van der Waals surface area contributed by atoms with Crippen LogP contribution in [-0.2, 0) is 4.74 Å². The third-order valence-electron chi connectivity index (χ3n) is 3.08. The summed E-state index contributed by atoms with van der Waals surface area (Å²) in [5, 5.41) is 8.70. The maximum absolute atomic E-state index is 12.3. The van der Waals surface area contributed by atoms with Crippen molar-refractivity contribution in [1.29, 1.82) is 5.26 Å². The molecule has 1 saturated heterocycles. The van der Waals surface area contributed by atoms with Crippen LogP contribution in [0.5, 0.6) is 0 Å². The number of aromatic nitrogens is 1. The molecule has 1 fully saturated rings. The van der Waals surface area contributed by atoms with E-state index in [4.69, 9.17) is 15.7 Å². The number of carbonyl (C=O) groups excluding carboxylic acids is 1. The van der Waals surface area contributed by atoms with Gasteiger partial charge in [0, 0.05) is 25.3 Å². The van der Waals surface area contributed by atoms with Gasteiger partial charge in [-0.2, -0.15) is 5.26 Å². The molecule has 1 amide bonds. The first-order valence-corrected chi connectivity index (χ1v) is 6.14. The first-order chi connectivity index (χ1) is 9.11. The Morgan fingerprint density at radius 3 is 3.05 bits per heavy atom. The standard InChI is InChI=1S/C13H16N4O2/c1-9(15)12-8-17(4-5-19-12)13(18)11-3-2-10(6-14)7-16-11/h2-3,7,9,12H,4-5,8,15H2,1H3. The first-order valence-electron chi connectivity index (χ1n) is 6.14. The zero-order valence-corrected chi connectivity index (χ0v) is 10.7. The van der Waals surface area contributed by atoms with Gasteiger partial charge in [0.1, 0.15) is 11.8 Å². The number of nitrogens with two attached hydrogens (primary N) is 1. The van der Waals surface area contributed by atoms with Crippen molar-refractivity contribution in [1.82, 2.24) is 9.88 Å². The van der Waals surface area contributed by atoms with Gasteiger partial charge in [-0.3, -0.25) is 4.79 Å². The van der Waals surface area contributed by atoms with Gasteiger partial charge in [0.15, 0.2) is 0 Å². The largest absolute Gasteiger partial charge is 0.373 e. The molecule has 0 saturated carbocycles. The van der Waals surface area contributed by atoms with Gasteiger partial charge < -0.3 is 15.4 Å². The molecule has 0 spiro atoms. The number of amides is 1. The van der Waals surface area contributed by atoms with Crippen LogP contribution in [0.4, 0.5) is 0 Å². The van der Waals surface area contributed by atoms with Crippen molar-refractivity contribution in [3.63, 3.8) is 0 Å². The molecule has 2 rings (SSSR count). The highest BCUT2D eigenvalue weighted by molar-refractivity contribution is 5.92. The summed E-state index contributed by atoms with van der Waals surface area (Å²) < 4.78 is 5.51. The van der Waals surface area contributed by atoms with Crippen LogP contribution in [0.1, 0.15) is 23.0 Å². The van der Waals surface area contributed by atoms with Crippen molar-refractivity contribution < 1.29 is 9.53 Å². The summed E-state index contributed by atoms with van der Waals surface area (Å²) in [6, 6.07) is 5.00. The molecule has 0 aliphatic carbocycles. The Bertz CT molecular complexity index is 492. The van der Waals surface area contributed by atoms with E-state index in [2.05, 4.69) is 4.98 Å². The van der Waals surface area contributed by atoms with Crippen LogP contribution >= 0.6 is 0 Å². The fourth-order valence-corrected chi connectivity index (χ4v) is 1.93. The molecule has 6 nitrogen and oxygen atoms in total. The highest BCUT2D eigenvalue weighted by atomic mass is 16.5. The molecule has 0 aromatic carbocycles. The molecule has 19 heavy (non-hydrogen) atoms. The molecule has 0 radical (unpaired) electrons. The molecule has 2 N–H and O–H groups in total. The topological polar surface area (TPSA) is 92.2 Å². The van der Waals surface area contributed by atoms with Crippen LogP contribution in [0.3, 0.4) is 0 Å². The molecule has 1 aromatic heterocycles. The Hall–Kier alpha value is -1.97. The van der Waals surface area contributed by atoms with E-state index in [-0.39, 0.29) is 18.1 Å². The number of hydrogen-bond acceptors (Lipinski definition) is 5. The van der Waals surface area contributed by atoms with Crippen molar-refractivity contribution in [3.8, 4) is 6.07 Å². The second-order valence-corrected chi connectivity index (χ2v) is 4.56. The van der Waals surface area contributed by atoms with Crippen LogP contribution in [0, 0.1) is 11.3 Å². The SMILES string of the molecule is CC(N)C1CN(C(=O)c2ccc(C#N)cn2)CCO1. The van der Waals surface area contributed by atoms with E-state index >= 15 is 0 Å². The number of nitrogens with zero attached hydrogens (tertiary/aromatic N) is 3. The van der Waals surface area contributed by atoms with Crippen LogP contribution in [0.25, 0.3) is 0 Å². The Morgan fingerprint density at radius 2 is 2.47 bits per heavy atom.